The lowest BCUT2D eigenvalue weighted by atomic mass is 10.1. The lowest BCUT2D eigenvalue weighted by molar-refractivity contribution is -0.118. The molecule has 5 nitrogen and oxygen atoms in total. The average Bonchev–Trinajstić information content (AvgIpc) is 2.67. The third kappa shape index (κ3) is 4.21. The molecule has 0 atom stereocenters. The van der Waals surface area contributed by atoms with Crippen LogP contribution in [0.4, 0.5) is 5.69 Å². The van der Waals surface area contributed by atoms with Gasteiger partial charge in [0, 0.05) is 24.3 Å². The van der Waals surface area contributed by atoms with Crippen molar-refractivity contribution in [2.24, 2.45) is 0 Å². The minimum atomic E-state index is -3.74. The lowest BCUT2D eigenvalue weighted by Crippen LogP contribution is -2.39. The highest BCUT2D eigenvalue weighted by atomic mass is 79.9. The van der Waals surface area contributed by atoms with Crippen molar-refractivity contribution in [2.75, 3.05) is 25.5 Å². The number of sulfonamides is 1. The highest BCUT2D eigenvalue weighted by Gasteiger charge is 2.24. The van der Waals surface area contributed by atoms with Crippen molar-refractivity contribution in [3.63, 3.8) is 0 Å². The van der Waals surface area contributed by atoms with Crippen molar-refractivity contribution in [1.29, 1.82) is 0 Å². The molecule has 0 saturated carbocycles. The number of amides is 1. The Hall–Kier alpha value is -2.22. The molecule has 3 aromatic rings. The maximum Gasteiger partial charge on any atom is 0.243 e. The molecule has 0 spiro atoms. The number of benzene rings is 3. The molecule has 0 unspecified atom stereocenters. The Balaban J connectivity index is 1.77. The zero-order chi connectivity index (χ0) is 19.6. The van der Waals surface area contributed by atoms with E-state index < -0.39 is 10.0 Å². The predicted molar refractivity (Wildman–Crippen MR) is 111 cm³/mol. The van der Waals surface area contributed by atoms with E-state index in [-0.39, 0.29) is 17.3 Å². The van der Waals surface area contributed by atoms with Gasteiger partial charge in [0.1, 0.15) is 0 Å². The number of nitrogens with zero attached hydrogens (tertiary/aromatic N) is 2. The van der Waals surface area contributed by atoms with E-state index in [0.29, 0.717) is 5.69 Å². The number of halogens is 1. The van der Waals surface area contributed by atoms with Crippen LogP contribution in [0.5, 0.6) is 0 Å². The minimum Gasteiger partial charge on any atom is -0.314 e. The second kappa shape index (κ2) is 7.80. The first-order valence-corrected chi connectivity index (χ1v) is 10.5. The summed E-state index contributed by atoms with van der Waals surface area (Å²) in [6.07, 6.45) is 0. The number of likely N-dealkylation sites (N-methyl/N-ethyl adjacent to an activating group) is 2. The van der Waals surface area contributed by atoms with Crippen molar-refractivity contribution in [2.45, 2.75) is 4.90 Å². The van der Waals surface area contributed by atoms with Crippen molar-refractivity contribution < 1.29 is 13.2 Å². The molecule has 0 N–H and O–H groups in total. The summed E-state index contributed by atoms with van der Waals surface area (Å²) in [5.74, 6) is -0.312. The number of anilines is 1. The van der Waals surface area contributed by atoms with Crippen molar-refractivity contribution in [1.82, 2.24) is 4.31 Å². The molecular weight excluding hydrogens is 428 g/mol. The van der Waals surface area contributed by atoms with E-state index in [0.717, 1.165) is 19.6 Å². The third-order valence-corrected chi connectivity index (χ3v) is 6.72. The second-order valence-corrected chi connectivity index (χ2v) is 9.16. The first-order chi connectivity index (χ1) is 12.8. The Morgan fingerprint density at radius 2 is 1.56 bits per heavy atom. The summed E-state index contributed by atoms with van der Waals surface area (Å²) >= 11 is 3.28. The summed E-state index contributed by atoms with van der Waals surface area (Å²) in [6, 6.07) is 19.9. The van der Waals surface area contributed by atoms with E-state index in [1.54, 1.807) is 19.2 Å². The molecule has 3 rings (SSSR count). The molecule has 0 aliphatic rings. The number of carbonyl (C=O) groups is 1. The Bertz CT molecular complexity index is 1080. The maximum absolute atomic E-state index is 12.7. The highest BCUT2D eigenvalue weighted by Crippen LogP contribution is 2.22. The van der Waals surface area contributed by atoms with Crippen LogP contribution in [0.2, 0.25) is 0 Å². The maximum atomic E-state index is 12.7. The summed E-state index contributed by atoms with van der Waals surface area (Å²) in [7, 11) is -0.685. The quantitative estimate of drug-likeness (QED) is 0.597. The van der Waals surface area contributed by atoms with E-state index in [1.165, 1.54) is 24.1 Å². The van der Waals surface area contributed by atoms with Gasteiger partial charge in [-0.05, 0) is 47.2 Å². The third-order valence-electron chi connectivity index (χ3n) is 4.37. The summed E-state index contributed by atoms with van der Waals surface area (Å²) in [6.45, 7) is -0.248. The Labute approximate surface area is 167 Å². The Morgan fingerprint density at radius 1 is 0.926 bits per heavy atom. The van der Waals surface area contributed by atoms with E-state index in [9.17, 15) is 13.2 Å². The molecule has 27 heavy (non-hydrogen) atoms. The van der Waals surface area contributed by atoms with Crippen LogP contribution in [0.1, 0.15) is 0 Å². The fourth-order valence-electron chi connectivity index (χ4n) is 2.70. The van der Waals surface area contributed by atoms with E-state index in [1.807, 2.05) is 42.5 Å². The molecule has 0 aromatic heterocycles. The predicted octanol–water partition coefficient (Wildman–Crippen LogP) is 3.89. The molecule has 0 bridgehead atoms. The van der Waals surface area contributed by atoms with Crippen LogP contribution in [0.3, 0.4) is 0 Å². The van der Waals surface area contributed by atoms with Crippen molar-refractivity contribution in [3.8, 4) is 0 Å². The largest absolute Gasteiger partial charge is 0.314 e. The van der Waals surface area contributed by atoms with E-state index in [4.69, 9.17) is 0 Å². The van der Waals surface area contributed by atoms with Crippen LogP contribution in [-0.4, -0.2) is 39.3 Å². The van der Waals surface area contributed by atoms with Crippen molar-refractivity contribution >= 4 is 48.3 Å². The summed E-state index contributed by atoms with van der Waals surface area (Å²) < 4.78 is 27.2. The number of hydrogen-bond acceptors (Lipinski definition) is 3. The summed E-state index contributed by atoms with van der Waals surface area (Å²) in [4.78, 5) is 14.3. The van der Waals surface area contributed by atoms with Crippen LogP contribution in [0.25, 0.3) is 10.8 Å². The van der Waals surface area contributed by atoms with Gasteiger partial charge in [0.05, 0.1) is 11.4 Å². The molecular formula is C20H19BrN2O3S. The highest BCUT2D eigenvalue weighted by molar-refractivity contribution is 9.10. The van der Waals surface area contributed by atoms with Crippen LogP contribution in [0.15, 0.2) is 76.1 Å². The standard InChI is InChI=1S/C20H19BrN2O3S/c1-22(27(25,26)19-11-8-17(21)9-12-19)14-20(24)23(2)18-10-7-15-5-3-4-6-16(15)13-18/h3-13H,14H2,1-2H3. The molecule has 0 saturated heterocycles. The SMILES string of the molecule is CN(C(=O)CN(C)S(=O)(=O)c1ccc(Br)cc1)c1ccc2ccccc2c1. The van der Waals surface area contributed by atoms with Gasteiger partial charge in [-0.3, -0.25) is 4.79 Å². The number of rotatable bonds is 5. The molecule has 140 valence electrons. The van der Waals surface area contributed by atoms with Gasteiger partial charge in [-0.2, -0.15) is 4.31 Å². The van der Waals surface area contributed by atoms with Crippen molar-refractivity contribution in [3.05, 3.63) is 71.2 Å². The van der Waals surface area contributed by atoms with Crippen LogP contribution < -0.4 is 4.90 Å². The van der Waals surface area contributed by atoms with E-state index in [2.05, 4.69) is 15.9 Å². The van der Waals surface area contributed by atoms with Gasteiger partial charge in [-0.1, -0.05) is 46.3 Å². The minimum absolute atomic E-state index is 0.148. The second-order valence-electron chi connectivity index (χ2n) is 6.20. The number of hydrogen-bond donors (Lipinski definition) is 0. The number of fused-ring (bicyclic) bond motifs is 1. The van der Waals surface area contributed by atoms with Gasteiger partial charge in [0.15, 0.2) is 0 Å². The van der Waals surface area contributed by atoms with E-state index >= 15 is 0 Å². The summed E-state index contributed by atoms with van der Waals surface area (Å²) in [5.41, 5.74) is 0.716. The van der Waals surface area contributed by atoms with Gasteiger partial charge in [0.25, 0.3) is 0 Å². The molecule has 0 heterocycles. The van der Waals surface area contributed by atoms with Crippen LogP contribution in [0, 0.1) is 0 Å². The molecule has 0 fully saturated rings. The molecule has 0 aliphatic heterocycles. The number of carbonyl (C=O) groups excluding carboxylic acids is 1. The van der Waals surface area contributed by atoms with Gasteiger partial charge in [-0.15, -0.1) is 0 Å². The zero-order valence-electron chi connectivity index (χ0n) is 15.0. The molecule has 7 heteroatoms. The molecule has 1 amide bonds. The first kappa shape index (κ1) is 19.5. The van der Waals surface area contributed by atoms with Gasteiger partial charge < -0.3 is 4.90 Å². The van der Waals surface area contributed by atoms with Crippen LogP contribution in [-0.2, 0) is 14.8 Å². The normalized spacial score (nSPS) is 11.7. The molecule has 0 aliphatic carbocycles. The lowest BCUT2D eigenvalue weighted by Gasteiger charge is -2.22. The van der Waals surface area contributed by atoms with Gasteiger partial charge >= 0.3 is 0 Å². The monoisotopic (exact) mass is 446 g/mol. The Morgan fingerprint density at radius 3 is 2.22 bits per heavy atom. The summed E-state index contributed by atoms with van der Waals surface area (Å²) in [5, 5.41) is 2.10. The fourth-order valence-corrected chi connectivity index (χ4v) is 4.08. The van der Waals surface area contributed by atoms with Gasteiger partial charge in [-0.25, -0.2) is 8.42 Å². The zero-order valence-corrected chi connectivity index (χ0v) is 17.4. The Kier molecular flexibility index (Phi) is 5.64. The fraction of sp³-hybridized carbons (Fsp3) is 0.150. The molecule has 0 radical (unpaired) electrons. The van der Waals surface area contributed by atoms with Gasteiger partial charge in [0.2, 0.25) is 15.9 Å². The molecule has 3 aromatic carbocycles. The first-order valence-electron chi connectivity index (χ1n) is 8.26. The average molecular weight is 447 g/mol. The topological polar surface area (TPSA) is 57.7 Å². The smallest absolute Gasteiger partial charge is 0.243 e. The van der Waals surface area contributed by atoms with Crippen LogP contribution >= 0.6 is 15.9 Å².